The second-order valence-corrected chi connectivity index (χ2v) is 8.05. The Balaban J connectivity index is 1.91. The molecular weight excluding hydrogens is 569 g/mol. The third kappa shape index (κ3) is 5.39. The second kappa shape index (κ2) is 10.1. The van der Waals surface area contributed by atoms with Gasteiger partial charge in [0.05, 0.1) is 17.3 Å². The van der Waals surface area contributed by atoms with E-state index in [-0.39, 0.29) is 18.2 Å². The first kappa shape index (κ1) is 22.3. The Labute approximate surface area is 195 Å². The van der Waals surface area contributed by atoms with E-state index in [1.165, 1.54) is 7.11 Å². The fourth-order valence-corrected chi connectivity index (χ4v) is 3.59. The van der Waals surface area contributed by atoms with E-state index in [2.05, 4.69) is 48.3 Å². The summed E-state index contributed by atoms with van der Waals surface area (Å²) < 4.78 is 22.7. The highest BCUT2D eigenvalue weighted by atomic mass is 127. The van der Waals surface area contributed by atoms with Crippen LogP contribution in [0.2, 0.25) is 0 Å². The Hall–Kier alpha value is -2.40. The normalized spacial score (nSPS) is 14.3. The molecule has 0 spiro atoms. The number of benzene rings is 2. The molecule has 1 heterocycles. The Bertz CT molecular complexity index is 1030. The summed E-state index contributed by atoms with van der Waals surface area (Å²) in [6, 6.07) is 10.8. The van der Waals surface area contributed by atoms with E-state index in [9.17, 15) is 9.59 Å². The molecule has 0 saturated heterocycles. The lowest BCUT2D eigenvalue weighted by molar-refractivity contribution is -0.143. The van der Waals surface area contributed by atoms with E-state index >= 15 is 0 Å². The monoisotopic (exact) mass is 585 g/mol. The number of carbonyl (C=O) groups is 2. The van der Waals surface area contributed by atoms with E-state index in [1.807, 2.05) is 31.2 Å². The van der Waals surface area contributed by atoms with Crippen LogP contribution in [0.3, 0.4) is 0 Å². The Kier molecular flexibility index (Phi) is 7.48. The van der Waals surface area contributed by atoms with E-state index in [4.69, 9.17) is 14.2 Å². The average molecular weight is 586 g/mol. The molecule has 0 bridgehead atoms. The van der Waals surface area contributed by atoms with Gasteiger partial charge in [-0.3, -0.25) is 0 Å². The fourth-order valence-electron chi connectivity index (χ4n) is 2.55. The standard InChI is InChI=1S/C21H17BrINO6/c1-3-28-17-10-12(8-15(23)19(17)29-11-18(25)27-2)9-16-21(26)30-20(24-16)13-4-6-14(22)7-5-13/h4-10H,3,11H2,1-2H3/b16-9-. The number of cyclic esters (lactones) is 1. The molecule has 2 aromatic rings. The average Bonchev–Trinajstić information content (AvgIpc) is 3.08. The fraction of sp³-hybridized carbons (Fsp3) is 0.190. The second-order valence-electron chi connectivity index (χ2n) is 5.97. The van der Waals surface area contributed by atoms with Crippen LogP contribution in [0.5, 0.6) is 11.5 Å². The number of ether oxygens (including phenoxy) is 4. The van der Waals surface area contributed by atoms with Crippen LogP contribution in [0.1, 0.15) is 18.1 Å². The minimum Gasteiger partial charge on any atom is -0.490 e. The van der Waals surface area contributed by atoms with Crippen LogP contribution >= 0.6 is 38.5 Å². The van der Waals surface area contributed by atoms with Crippen molar-refractivity contribution in [2.45, 2.75) is 6.92 Å². The van der Waals surface area contributed by atoms with E-state index in [0.717, 1.165) is 4.47 Å². The molecular formula is C21H17BrINO6. The van der Waals surface area contributed by atoms with Crippen molar-refractivity contribution >= 4 is 62.4 Å². The van der Waals surface area contributed by atoms with Crippen LogP contribution < -0.4 is 9.47 Å². The number of rotatable bonds is 7. The molecule has 7 nitrogen and oxygen atoms in total. The van der Waals surface area contributed by atoms with E-state index in [0.29, 0.717) is 32.8 Å². The highest BCUT2D eigenvalue weighted by Gasteiger charge is 2.24. The molecule has 0 amide bonds. The minimum atomic E-state index is -0.535. The van der Waals surface area contributed by atoms with E-state index in [1.54, 1.807) is 18.2 Å². The molecule has 2 aromatic carbocycles. The number of hydrogen-bond donors (Lipinski definition) is 0. The van der Waals surface area contributed by atoms with Crippen molar-refractivity contribution in [2.24, 2.45) is 4.99 Å². The molecule has 0 aliphatic carbocycles. The highest BCUT2D eigenvalue weighted by molar-refractivity contribution is 14.1. The van der Waals surface area contributed by atoms with Crippen molar-refractivity contribution in [1.29, 1.82) is 0 Å². The number of methoxy groups -OCH3 is 1. The summed E-state index contributed by atoms with van der Waals surface area (Å²) in [5.41, 5.74) is 1.56. The molecule has 0 radical (unpaired) electrons. The number of esters is 2. The first-order valence-electron chi connectivity index (χ1n) is 8.85. The number of aliphatic imine (C=N–C) groups is 1. The lowest BCUT2D eigenvalue weighted by Gasteiger charge is -2.14. The van der Waals surface area contributed by atoms with Crippen LogP contribution in [0.15, 0.2) is 51.6 Å². The van der Waals surface area contributed by atoms with Gasteiger partial charge in [0, 0.05) is 10.0 Å². The molecule has 0 aromatic heterocycles. The van der Waals surface area contributed by atoms with Gasteiger partial charge in [0.1, 0.15) is 0 Å². The number of halogens is 2. The van der Waals surface area contributed by atoms with Gasteiger partial charge < -0.3 is 18.9 Å². The van der Waals surface area contributed by atoms with Gasteiger partial charge in [0.25, 0.3) is 0 Å². The van der Waals surface area contributed by atoms with Gasteiger partial charge >= 0.3 is 11.9 Å². The van der Waals surface area contributed by atoms with E-state index < -0.39 is 11.9 Å². The molecule has 1 aliphatic heterocycles. The zero-order valence-corrected chi connectivity index (χ0v) is 19.9. The summed E-state index contributed by atoms with van der Waals surface area (Å²) in [4.78, 5) is 28.0. The Morgan fingerprint density at radius 1 is 1.23 bits per heavy atom. The zero-order chi connectivity index (χ0) is 21.7. The molecule has 156 valence electrons. The highest BCUT2D eigenvalue weighted by Crippen LogP contribution is 2.35. The largest absolute Gasteiger partial charge is 0.490 e. The number of hydrogen-bond acceptors (Lipinski definition) is 7. The van der Waals surface area contributed by atoms with Gasteiger partial charge in [0.2, 0.25) is 5.90 Å². The molecule has 0 fully saturated rings. The third-order valence-electron chi connectivity index (χ3n) is 3.91. The van der Waals surface area contributed by atoms with Crippen LogP contribution in [-0.4, -0.2) is 38.2 Å². The third-order valence-corrected chi connectivity index (χ3v) is 5.24. The lowest BCUT2D eigenvalue weighted by atomic mass is 10.1. The molecule has 30 heavy (non-hydrogen) atoms. The lowest BCUT2D eigenvalue weighted by Crippen LogP contribution is -2.14. The van der Waals surface area contributed by atoms with Gasteiger partial charge in [-0.2, -0.15) is 0 Å². The van der Waals surface area contributed by atoms with Crippen LogP contribution in [0, 0.1) is 3.57 Å². The summed E-state index contributed by atoms with van der Waals surface area (Å²) >= 11 is 5.45. The van der Waals surface area contributed by atoms with Gasteiger partial charge in [0.15, 0.2) is 23.8 Å². The smallest absolute Gasteiger partial charge is 0.363 e. The number of carbonyl (C=O) groups excluding carboxylic acids is 2. The van der Waals surface area contributed by atoms with Crippen LogP contribution in [-0.2, 0) is 19.1 Å². The van der Waals surface area contributed by atoms with Crippen molar-refractivity contribution < 1.29 is 28.5 Å². The maximum Gasteiger partial charge on any atom is 0.363 e. The maximum atomic E-state index is 12.3. The molecule has 9 heteroatoms. The van der Waals surface area contributed by atoms with Crippen LogP contribution in [0.25, 0.3) is 6.08 Å². The SMILES string of the molecule is CCOc1cc(/C=C2\N=C(c3ccc(Br)cc3)OC2=O)cc(I)c1OCC(=O)OC. The first-order valence-corrected chi connectivity index (χ1v) is 10.7. The van der Waals surface area contributed by atoms with Crippen molar-refractivity contribution in [3.63, 3.8) is 0 Å². The summed E-state index contributed by atoms with van der Waals surface area (Å²) in [6.45, 7) is 2.00. The molecule has 0 atom stereocenters. The van der Waals surface area contributed by atoms with Crippen molar-refractivity contribution in [3.8, 4) is 11.5 Å². The Morgan fingerprint density at radius 3 is 2.63 bits per heavy atom. The minimum absolute atomic E-state index is 0.175. The maximum absolute atomic E-state index is 12.3. The molecule has 0 saturated carbocycles. The van der Waals surface area contributed by atoms with Crippen molar-refractivity contribution in [1.82, 2.24) is 0 Å². The molecule has 3 rings (SSSR count). The summed E-state index contributed by atoms with van der Waals surface area (Å²) in [5.74, 6) is 0.0908. The summed E-state index contributed by atoms with van der Waals surface area (Å²) in [7, 11) is 1.29. The zero-order valence-electron chi connectivity index (χ0n) is 16.1. The van der Waals surface area contributed by atoms with Gasteiger partial charge in [-0.05, 0) is 77.6 Å². The van der Waals surface area contributed by atoms with Crippen LogP contribution in [0.4, 0.5) is 0 Å². The molecule has 0 unspecified atom stereocenters. The summed E-state index contributed by atoms with van der Waals surface area (Å²) in [6.07, 6.45) is 1.61. The van der Waals surface area contributed by atoms with Crippen molar-refractivity contribution in [2.75, 3.05) is 20.3 Å². The topological polar surface area (TPSA) is 83.4 Å². The predicted octanol–water partition coefficient (Wildman–Crippen LogP) is 4.35. The molecule has 1 aliphatic rings. The van der Waals surface area contributed by atoms with Gasteiger partial charge in [-0.25, -0.2) is 14.6 Å². The Morgan fingerprint density at radius 2 is 1.97 bits per heavy atom. The van der Waals surface area contributed by atoms with Gasteiger partial charge in [-0.15, -0.1) is 0 Å². The molecule has 0 N–H and O–H groups in total. The predicted molar refractivity (Wildman–Crippen MR) is 123 cm³/mol. The number of nitrogens with zero attached hydrogens (tertiary/aromatic N) is 1. The van der Waals surface area contributed by atoms with Crippen molar-refractivity contribution in [3.05, 3.63) is 61.3 Å². The summed E-state index contributed by atoms with van der Waals surface area (Å²) in [5, 5.41) is 0. The van der Waals surface area contributed by atoms with Gasteiger partial charge in [-0.1, -0.05) is 15.9 Å². The first-order chi connectivity index (χ1) is 14.4. The quantitative estimate of drug-likeness (QED) is 0.273.